The second-order valence-corrected chi connectivity index (χ2v) is 5.04. The zero-order valence-electron chi connectivity index (χ0n) is 8.81. The average Bonchev–Trinajstić information content (AvgIpc) is 2.85. The first-order valence-corrected chi connectivity index (χ1v) is 6.14. The first-order chi connectivity index (χ1) is 6.70. The Balaban J connectivity index is 2.14. The molecule has 1 aliphatic carbocycles. The lowest BCUT2D eigenvalue weighted by Gasteiger charge is -2.30. The van der Waals surface area contributed by atoms with Crippen LogP contribution in [0.4, 0.5) is 0 Å². The monoisotopic (exact) mass is 210 g/mol. The smallest absolute Gasteiger partial charge is 0.0504 e. The molecule has 0 bridgehead atoms. The van der Waals surface area contributed by atoms with Crippen molar-refractivity contribution in [3.63, 3.8) is 0 Å². The number of thiophene rings is 1. The van der Waals surface area contributed by atoms with Crippen molar-refractivity contribution in [2.24, 2.45) is 5.73 Å². The largest absolute Gasteiger partial charge is 0.326 e. The van der Waals surface area contributed by atoms with Crippen LogP contribution in [0.15, 0.2) is 16.8 Å². The van der Waals surface area contributed by atoms with Crippen molar-refractivity contribution in [1.29, 1.82) is 0 Å². The van der Waals surface area contributed by atoms with Crippen molar-refractivity contribution >= 4 is 11.3 Å². The van der Waals surface area contributed by atoms with E-state index in [0.29, 0.717) is 6.04 Å². The first kappa shape index (κ1) is 10.1. The summed E-state index contributed by atoms with van der Waals surface area (Å²) in [5.41, 5.74) is 7.43. The first-order valence-electron chi connectivity index (χ1n) is 5.19. The van der Waals surface area contributed by atoms with Crippen LogP contribution >= 0.6 is 11.3 Å². The Kier molecular flexibility index (Phi) is 2.91. The molecule has 2 unspecified atom stereocenters. The molecule has 0 saturated heterocycles. The minimum Gasteiger partial charge on any atom is -0.326 e. The standard InChI is InChI=1S/C11H18N2S/c1-8(12)11(9-5-6-14-7-9)13(2)10-3-4-10/h5-8,10-11H,3-4,12H2,1-2H3. The van der Waals surface area contributed by atoms with Gasteiger partial charge >= 0.3 is 0 Å². The van der Waals surface area contributed by atoms with E-state index in [4.69, 9.17) is 5.73 Å². The molecule has 0 aromatic carbocycles. The van der Waals surface area contributed by atoms with E-state index in [2.05, 4.69) is 35.7 Å². The summed E-state index contributed by atoms with van der Waals surface area (Å²) in [4.78, 5) is 2.44. The molecule has 0 spiro atoms. The fraction of sp³-hybridized carbons (Fsp3) is 0.636. The molecular weight excluding hydrogens is 192 g/mol. The van der Waals surface area contributed by atoms with E-state index in [-0.39, 0.29) is 6.04 Å². The zero-order chi connectivity index (χ0) is 10.1. The summed E-state index contributed by atoms with van der Waals surface area (Å²) in [6.45, 7) is 2.10. The third kappa shape index (κ3) is 2.00. The van der Waals surface area contributed by atoms with Crippen molar-refractivity contribution in [3.05, 3.63) is 22.4 Å². The maximum atomic E-state index is 6.06. The minimum atomic E-state index is 0.204. The Labute approximate surface area is 89.7 Å². The number of nitrogens with zero attached hydrogens (tertiary/aromatic N) is 1. The summed E-state index contributed by atoms with van der Waals surface area (Å²) < 4.78 is 0. The highest BCUT2D eigenvalue weighted by atomic mass is 32.1. The third-order valence-electron chi connectivity index (χ3n) is 2.94. The molecule has 1 aromatic heterocycles. The molecule has 1 heterocycles. The van der Waals surface area contributed by atoms with Gasteiger partial charge in [0, 0.05) is 12.1 Å². The maximum absolute atomic E-state index is 6.06. The van der Waals surface area contributed by atoms with Gasteiger partial charge < -0.3 is 5.73 Å². The fourth-order valence-corrected chi connectivity index (χ4v) is 2.75. The van der Waals surface area contributed by atoms with E-state index in [1.807, 2.05) is 0 Å². The van der Waals surface area contributed by atoms with Crippen molar-refractivity contribution < 1.29 is 0 Å². The van der Waals surface area contributed by atoms with Crippen LogP contribution in [0.2, 0.25) is 0 Å². The molecule has 0 radical (unpaired) electrons. The highest BCUT2D eigenvalue weighted by molar-refractivity contribution is 7.07. The predicted molar refractivity (Wildman–Crippen MR) is 61.5 cm³/mol. The summed E-state index contributed by atoms with van der Waals surface area (Å²) in [5, 5.41) is 4.35. The van der Waals surface area contributed by atoms with Gasteiger partial charge in [-0.2, -0.15) is 11.3 Å². The molecule has 1 aliphatic rings. The third-order valence-corrected chi connectivity index (χ3v) is 3.65. The Morgan fingerprint density at radius 3 is 2.71 bits per heavy atom. The molecular formula is C11H18N2S. The van der Waals surface area contributed by atoms with Gasteiger partial charge in [0.2, 0.25) is 0 Å². The van der Waals surface area contributed by atoms with Crippen LogP contribution in [-0.4, -0.2) is 24.0 Å². The Hall–Kier alpha value is -0.380. The Morgan fingerprint density at radius 1 is 1.57 bits per heavy atom. The lowest BCUT2D eigenvalue weighted by molar-refractivity contribution is 0.210. The second kappa shape index (κ2) is 4.01. The fourth-order valence-electron chi connectivity index (χ4n) is 2.06. The van der Waals surface area contributed by atoms with Crippen molar-refractivity contribution in [2.45, 2.75) is 37.9 Å². The van der Waals surface area contributed by atoms with Gasteiger partial charge in [0.25, 0.3) is 0 Å². The van der Waals surface area contributed by atoms with Gasteiger partial charge in [-0.1, -0.05) is 0 Å². The van der Waals surface area contributed by atoms with Crippen molar-refractivity contribution in [3.8, 4) is 0 Å². The van der Waals surface area contributed by atoms with Crippen LogP contribution in [0.5, 0.6) is 0 Å². The van der Waals surface area contributed by atoms with Gasteiger partial charge in [-0.15, -0.1) is 0 Å². The van der Waals surface area contributed by atoms with Crippen LogP contribution in [-0.2, 0) is 0 Å². The van der Waals surface area contributed by atoms with E-state index >= 15 is 0 Å². The summed E-state index contributed by atoms with van der Waals surface area (Å²) in [6.07, 6.45) is 2.67. The Bertz CT molecular complexity index is 277. The quantitative estimate of drug-likeness (QED) is 0.825. The maximum Gasteiger partial charge on any atom is 0.0504 e. The minimum absolute atomic E-state index is 0.204. The van der Waals surface area contributed by atoms with E-state index < -0.39 is 0 Å². The lowest BCUT2D eigenvalue weighted by atomic mass is 10.0. The van der Waals surface area contributed by atoms with Gasteiger partial charge in [0.1, 0.15) is 0 Å². The summed E-state index contributed by atoms with van der Waals surface area (Å²) in [7, 11) is 2.20. The molecule has 2 rings (SSSR count). The number of hydrogen-bond acceptors (Lipinski definition) is 3. The topological polar surface area (TPSA) is 29.3 Å². The Morgan fingerprint density at radius 2 is 2.29 bits per heavy atom. The van der Waals surface area contributed by atoms with Crippen LogP contribution in [0.1, 0.15) is 31.4 Å². The van der Waals surface area contributed by atoms with Crippen LogP contribution in [0.3, 0.4) is 0 Å². The van der Waals surface area contributed by atoms with Gasteiger partial charge in [0.15, 0.2) is 0 Å². The van der Waals surface area contributed by atoms with E-state index in [1.165, 1.54) is 18.4 Å². The molecule has 1 fully saturated rings. The number of rotatable bonds is 4. The van der Waals surface area contributed by atoms with Gasteiger partial charge in [-0.05, 0) is 49.2 Å². The number of hydrogen-bond donors (Lipinski definition) is 1. The molecule has 1 aromatic rings. The molecule has 2 N–H and O–H groups in total. The van der Waals surface area contributed by atoms with Gasteiger partial charge in [-0.25, -0.2) is 0 Å². The second-order valence-electron chi connectivity index (χ2n) is 4.26. The van der Waals surface area contributed by atoms with Crippen molar-refractivity contribution in [1.82, 2.24) is 4.90 Å². The van der Waals surface area contributed by atoms with Crippen molar-refractivity contribution in [2.75, 3.05) is 7.05 Å². The van der Waals surface area contributed by atoms with Crippen LogP contribution < -0.4 is 5.73 Å². The normalized spacial score (nSPS) is 21.1. The molecule has 14 heavy (non-hydrogen) atoms. The zero-order valence-corrected chi connectivity index (χ0v) is 9.63. The summed E-state index contributed by atoms with van der Waals surface area (Å²) in [5.74, 6) is 0. The SMILES string of the molecule is CC(N)C(c1ccsc1)N(C)C1CC1. The molecule has 0 aliphatic heterocycles. The number of nitrogens with two attached hydrogens (primary N) is 1. The van der Waals surface area contributed by atoms with Crippen LogP contribution in [0.25, 0.3) is 0 Å². The lowest BCUT2D eigenvalue weighted by Crippen LogP contribution is -2.38. The molecule has 2 nitrogen and oxygen atoms in total. The molecule has 2 atom stereocenters. The van der Waals surface area contributed by atoms with Gasteiger partial charge in [-0.3, -0.25) is 4.90 Å². The van der Waals surface area contributed by atoms with Gasteiger partial charge in [0.05, 0.1) is 6.04 Å². The van der Waals surface area contributed by atoms with E-state index in [1.54, 1.807) is 11.3 Å². The van der Waals surface area contributed by atoms with Crippen LogP contribution in [0, 0.1) is 0 Å². The molecule has 0 amide bonds. The molecule has 78 valence electrons. The number of likely N-dealkylation sites (N-methyl/N-ethyl adjacent to an activating group) is 1. The molecule has 1 saturated carbocycles. The average molecular weight is 210 g/mol. The summed E-state index contributed by atoms with van der Waals surface area (Å²) in [6, 6.07) is 3.56. The van der Waals surface area contributed by atoms with E-state index in [0.717, 1.165) is 6.04 Å². The molecule has 3 heteroatoms. The summed E-state index contributed by atoms with van der Waals surface area (Å²) >= 11 is 1.75. The highest BCUT2D eigenvalue weighted by Crippen LogP contribution is 2.34. The van der Waals surface area contributed by atoms with E-state index in [9.17, 15) is 0 Å². The highest BCUT2D eigenvalue weighted by Gasteiger charge is 2.33. The predicted octanol–water partition coefficient (Wildman–Crippen LogP) is 2.23.